The van der Waals surface area contributed by atoms with E-state index in [1.807, 2.05) is 0 Å². The number of ether oxygens (including phenoxy) is 2. The van der Waals surface area contributed by atoms with Gasteiger partial charge < -0.3 is 14.8 Å². The van der Waals surface area contributed by atoms with Crippen molar-refractivity contribution in [3.8, 4) is 11.5 Å². The van der Waals surface area contributed by atoms with Crippen LogP contribution in [-0.2, 0) is 0 Å². The number of alkyl halides is 3. The molecule has 1 aliphatic carbocycles. The number of hydrogen-bond acceptors (Lipinski definition) is 3. The van der Waals surface area contributed by atoms with Gasteiger partial charge in [0.05, 0.1) is 6.61 Å². The van der Waals surface area contributed by atoms with E-state index in [1.54, 1.807) is 12.1 Å². The van der Waals surface area contributed by atoms with Crippen LogP contribution in [0.5, 0.6) is 11.5 Å². The normalized spacial score (nSPS) is 20.0. The van der Waals surface area contributed by atoms with Gasteiger partial charge in [0.2, 0.25) is 0 Å². The molecule has 1 saturated heterocycles. The molecule has 0 atom stereocenters. The highest BCUT2D eigenvalue weighted by Crippen LogP contribution is 2.38. The maximum atomic E-state index is 12.5. The lowest BCUT2D eigenvalue weighted by Gasteiger charge is -2.24. The highest BCUT2D eigenvalue weighted by molar-refractivity contribution is 5.44. The Balaban J connectivity index is 1.78. The Morgan fingerprint density at radius 3 is 2.41 bits per heavy atom. The first-order chi connectivity index (χ1) is 10.5. The van der Waals surface area contributed by atoms with E-state index in [9.17, 15) is 13.2 Å². The fourth-order valence-corrected chi connectivity index (χ4v) is 2.75. The average molecular weight is 315 g/mol. The summed E-state index contributed by atoms with van der Waals surface area (Å²) in [6, 6.07) is 4.83. The monoisotopic (exact) mass is 315 g/mol. The molecular formula is C16H20F3NO2. The van der Waals surface area contributed by atoms with Gasteiger partial charge in [0.25, 0.3) is 0 Å². The van der Waals surface area contributed by atoms with E-state index in [2.05, 4.69) is 10.1 Å². The summed E-state index contributed by atoms with van der Waals surface area (Å²) in [4.78, 5) is 0. The summed E-state index contributed by atoms with van der Waals surface area (Å²) < 4.78 is 47.2. The molecule has 0 spiro atoms. The lowest BCUT2D eigenvalue weighted by Crippen LogP contribution is -2.26. The second-order valence-electron chi connectivity index (χ2n) is 6.03. The molecule has 3 nitrogen and oxygen atoms in total. The molecule has 0 aromatic heterocycles. The molecule has 0 unspecified atom stereocenters. The Kier molecular flexibility index (Phi) is 4.47. The molecule has 0 radical (unpaired) electrons. The van der Waals surface area contributed by atoms with Crippen LogP contribution < -0.4 is 14.8 Å². The van der Waals surface area contributed by atoms with Crippen molar-refractivity contribution < 1.29 is 22.6 Å². The zero-order chi connectivity index (χ0) is 15.6. The Morgan fingerprint density at radius 1 is 1.05 bits per heavy atom. The Bertz CT molecular complexity index is 509. The van der Waals surface area contributed by atoms with E-state index in [1.165, 1.54) is 6.07 Å². The highest BCUT2D eigenvalue weighted by atomic mass is 19.4. The molecule has 6 heteroatoms. The van der Waals surface area contributed by atoms with Crippen LogP contribution in [0, 0.1) is 5.92 Å². The van der Waals surface area contributed by atoms with E-state index < -0.39 is 6.36 Å². The number of benzene rings is 1. The van der Waals surface area contributed by atoms with Crippen molar-refractivity contribution in [2.75, 3.05) is 19.7 Å². The molecule has 1 saturated carbocycles. The van der Waals surface area contributed by atoms with Gasteiger partial charge in [0, 0.05) is 0 Å². The van der Waals surface area contributed by atoms with Crippen molar-refractivity contribution in [2.24, 2.45) is 5.92 Å². The maximum Gasteiger partial charge on any atom is 0.573 e. The van der Waals surface area contributed by atoms with Crippen molar-refractivity contribution in [3.63, 3.8) is 0 Å². The first kappa shape index (κ1) is 15.5. The molecule has 1 heterocycles. The van der Waals surface area contributed by atoms with Gasteiger partial charge in [0.15, 0.2) is 11.5 Å². The fraction of sp³-hybridized carbons (Fsp3) is 0.625. The largest absolute Gasteiger partial charge is 0.573 e. The molecule has 1 aromatic carbocycles. The van der Waals surface area contributed by atoms with Crippen LogP contribution in [0.15, 0.2) is 18.2 Å². The van der Waals surface area contributed by atoms with Crippen LogP contribution in [-0.4, -0.2) is 26.1 Å². The maximum absolute atomic E-state index is 12.5. The van der Waals surface area contributed by atoms with Crippen LogP contribution in [0.1, 0.15) is 37.2 Å². The van der Waals surface area contributed by atoms with E-state index in [0.717, 1.165) is 44.3 Å². The summed E-state index contributed by atoms with van der Waals surface area (Å²) >= 11 is 0. The number of nitrogens with one attached hydrogen (secondary N) is 1. The third-order valence-electron chi connectivity index (χ3n) is 4.18. The minimum atomic E-state index is -4.70. The molecule has 2 fully saturated rings. The lowest BCUT2D eigenvalue weighted by molar-refractivity contribution is -0.275. The number of rotatable bonds is 5. The van der Waals surface area contributed by atoms with Gasteiger partial charge >= 0.3 is 6.36 Å². The van der Waals surface area contributed by atoms with E-state index in [0.29, 0.717) is 18.4 Å². The Hall–Kier alpha value is -1.43. The summed E-state index contributed by atoms with van der Waals surface area (Å²) in [6.07, 6.45) is -0.552. The summed E-state index contributed by atoms with van der Waals surface area (Å²) in [5.74, 6) is 0.803. The summed E-state index contributed by atoms with van der Waals surface area (Å²) in [5, 5.41) is 3.29. The minimum absolute atomic E-state index is 0.209. The lowest BCUT2D eigenvalue weighted by atomic mass is 9.90. The Morgan fingerprint density at radius 2 is 1.77 bits per heavy atom. The minimum Gasteiger partial charge on any atom is -0.489 e. The predicted molar refractivity (Wildman–Crippen MR) is 76.2 cm³/mol. The quantitative estimate of drug-likeness (QED) is 0.895. The third kappa shape index (κ3) is 4.29. The van der Waals surface area contributed by atoms with Crippen molar-refractivity contribution in [2.45, 2.75) is 38.0 Å². The van der Waals surface area contributed by atoms with Crippen LogP contribution in [0.4, 0.5) is 13.2 Å². The number of piperidine rings is 1. The number of halogens is 3. The number of hydrogen-bond donors (Lipinski definition) is 1. The predicted octanol–water partition coefficient (Wildman–Crippen LogP) is 3.84. The van der Waals surface area contributed by atoms with Crippen LogP contribution in [0.3, 0.4) is 0 Å². The second-order valence-corrected chi connectivity index (χ2v) is 6.03. The second kappa shape index (κ2) is 6.36. The van der Waals surface area contributed by atoms with Crippen molar-refractivity contribution in [1.82, 2.24) is 5.32 Å². The first-order valence-electron chi connectivity index (χ1n) is 7.74. The Labute approximate surface area is 127 Å². The van der Waals surface area contributed by atoms with Gasteiger partial charge in [-0.25, -0.2) is 0 Å². The van der Waals surface area contributed by atoms with Crippen molar-refractivity contribution in [3.05, 3.63) is 23.8 Å². The van der Waals surface area contributed by atoms with E-state index in [4.69, 9.17) is 4.74 Å². The van der Waals surface area contributed by atoms with Gasteiger partial charge in [-0.1, -0.05) is 6.07 Å². The zero-order valence-corrected chi connectivity index (χ0v) is 12.3. The molecule has 3 rings (SSSR count). The zero-order valence-electron chi connectivity index (χ0n) is 12.3. The topological polar surface area (TPSA) is 30.5 Å². The highest BCUT2D eigenvalue weighted by Gasteiger charge is 2.33. The molecular weight excluding hydrogens is 295 g/mol. The fourth-order valence-electron chi connectivity index (χ4n) is 2.75. The molecule has 1 aromatic rings. The first-order valence-corrected chi connectivity index (χ1v) is 7.74. The van der Waals surface area contributed by atoms with Gasteiger partial charge in [-0.05, 0) is 68.3 Å². The van der Waals surface area contributed by atoms with Gasteiger partial charge in [-0.3, -0.25) is 0 Å². The SMILES string of the molecule is FC(F)(F)Oc1ccc(C2CCNCC2)cc1OCC1CC1. The van der Waals surface area contributed by atoms with Gasteiger partial charge in [-0.2, -0.15) is 0 Å². The third-order valence-corrected chi connectivity index (χ3v) is 4.18. The van der Waals surface area contributed by atoms with Crippen LogP contribution in [0.25, 0.3) is 0 Å². The standard InChI is InChI=1S/C16H20F3NO2/c17-16(18,19)22-14-4-3-13(12-5-7-20-8-6-12)9-15(14)21-10-11-1-2-11/h3-4,9,11-12,20H,1-2,5-8,10H2. The van der Waals surface area contributed by atoms with Crippen LogP contribution in [0.2, 0.25) is 0 Å². The van der Waals surface area contributed by atoms with Gasteiger partial charge in [0.1, 0.15) is 0 Å². The molecule has 22 heavy (non-hydrogen) atoms. The summed E-state index contributed by atoms with van der Waals surface area (Å²) in [5.41, 5.74) is 1.03. The molecule has 1 aliphatic heterocycles. The smallest absolute Gasteiger partial charge is 0.489 e. The average Bonchev–Trinajstić information content (AvgIpc) is 3.30. The summed E-state index contributed by atoms with van der Waals surface area (Å²) in [6.45, 7) is 2.33. The van der Waals surface area contributed by atoms with Crippen molar-refractivity contribution in [1.29, 1.82) is 0 Å². The van der Waals surface area contributed by atoms with E-state index in [-0.39, 0.29) is 11.5 Å². The molecule has 122 valence electrons. The van der Waals surface area contributed by atoms with Gasteiger partial charge in [-0.15, -0.1) is 13.2 Å². The van der Waals surface area contributed by atoms with E-state index >= 15 is 0 Å². The van der Waals surface area contributed by atoms with Crippen LogP contribution >= 0.6 is 0 Å². The molecule has 0 amide bonds. The molecule has 1 N–H and O–H groups in total. The molecule has 0 bridgehead atoms. The van der Waals surface area contributed by atoms with Crippen molar-refractivity contribution >= 4 is 0 Å². The molecule has 2 aliphatic rings. The summed E-state index contributed by atoms with van der Waals surface area (Å²) in [7, 11) is 0.